The smallest absolute Gasteiger partial charge is 0.416 e. The Hall–Kier alpha value is -2.90. The van der Waals surface area contributed by atoms with E-state index in [0.717, 1.165) is 18.6 Å². The van der Waals surface area contributed by atoms with Crippen molar-refractivity contribution in [1.29, 1.82) is 0 Å². The average molecular weight is 380 g/mol. The molecule has 1 aliphatic rings. The van der Waals surface area contributed by atoms with E-state index in [-0.39, 0.29) is 12.6 Å². The van der Waals surface area contributed by atoms with E-state index in [9.17, 15) is 18.0 Å². The molecule has 0 aliphatic carbocycles. The number of methoxy groups -OCH3 is 1. The fourth-order valence-electron chi connectivity index (χ4n) is 2.82. The number of benzene rings is 2. The predicted octanol–water partition coefficient (Wildman–Crippen LogP) is 4.21. The molecule has 0 radical (unpaired) electrons. The first-order valence-electron chi connectivity index (χ1n) is 8.41. The molecule has 0 saturated carbocycles. The number of urea groups is 1. The molecule has 1 aliphatic heterocycles. The number of nitrogens with zero attached hydrogens (tertiary/aromatic N) is 1. The van der Waals surface area contributed by atoms with Crippen molar-refractivity contribution in [3.05, 3.63) is 53.6 Å². The molecule has 27 heavy (non-hydrogen) atoms. The highest BCUT2D eigenvalue weighted by molar-refractivity contribution is 5.93. The predicted molar refractivity (Wildman–Crippen MR) is 94.1 cm³/mol. The second-order valence-electron chi connectivity index (χ2n) is 6.06. The van der Waals surface area contributed by atoms with Gasteiger partial charge in [0.25, 0.3) is 0 Å². The number of amides is 2. The van der Waals surface area contributed by atoms with Crippen molar-refractivity contribution in [2.24, 2.45) is 0 Å². The molecule has 144 valence electrons. The van der Waals surface area contributed by atoms with E-state index < -0.39 is 11.7 Å². The first kappa shape index (κ1) is 18.9. The highest BCUT2D eigenvalue weighted by Gasteiger charge is 2.30. The third-order valence-corrected chi connectivity index (χ3v) is 4.19. The summed E-state index contributed by atoms with van der Waals surface area (Å²) in [7, 11) is 1.47. The van der Waals surface area contributed by atoms with Crippen LogP contribution in [0.1, 0.15) is 17.5 Å². The van der Waals surface area contributed by atoms with Crippen LogP contribution in [0.15, 0.2) is 42.5 Å². The van der Waals surface area contributed by atoms with Crippen LogP contribution in [0.5, 0.6) is 11.5 Å². The van der Waals surface area contributed by atoms with E-state index in [1.165, 1.54) is 13.2 Å². The Labute approximate surface area is 154 Å². The van der Waals surface area contributed by atoms with E-state index in [4.69, 9.17) is 9.47 Å². The summed E-state index contributed by atoms with van der Waals surface area (Å²) in [5.74, 6) is 0.786. The van der Waals surface area contributed by atoms with Crippen molar-refractivity contribution in [3.8, 4) is 11.5 Å². The number of alkyl halides is 3. The Morgan fingerprint density at radius 3 is 2.67 bits per heavy atom. The van der Waals surface area contributed by atoms with Crippen LogP contribution in [0, 0.1) is 0 Å². The van der Waals surface area contributed by atoms with Gasteiger partial charge in [-0.1, -0.05) is 12.1 Å². The maximum atomic E-state index is 12.8. The van der Waals surface area contributed by atoms with Gasteiger partial charge in [-0.3, -0.25) is 4.90 Å². The molecule has 5 nitrogen and oxygen atoms in total. The molecular formula is C19H19F3N2O3. The van der Waals surface area contributed by atoms with Gasteiger partial charge in [-0.15, -0.1) is 0 Å². The number of ether oxygens (including phenoxy) is 2. The number of carbonyl (C=O) groups is 1. The first-order chi connectivity index (χ1) is 12.9. The Morgan fingerprint density at radius 1 is 1.15 bits per heavy atom. The molecule has 0 spiro atoms. The Balaban J connectivity index is 1.79. The summed E-state index contributed by atoms with van der Waals surface area (Å²) >= 11 is 0. The van der Waals surface area contributed by atoms with Gasteiger partial charge in [-0.25, -0.2) is 4.79 Å². The molecule has 1 fully saturated rings. The van der Waals surface area contributed by atoms with Crippen molar-refractivity contribution in [2.45, 2.75) is 19.2 Å². The molecule has 1 heterocycles. The number of nitrogens with one attached hydrogen (secondary N) is 1. The Kier molecular flexibility index (Phi) is 5.43. The van der Waals surface area contributed by atoms with E-state index >= 15 is 0 Å². The highest BCUT2D eigenvalue weighted by Crippen LogP contribution is 2.34. The standard InChI is InChI=1S/C19H19F3N2O3/c1-26-16-7-6-15(24-9-3-8-23-18(24)25)11-17(16)27-12-13-4-2-5-14(10-13)19(20,21)22/h2,4-7,10-11H,3,8-9,12H2,1H3,(H,23,25). The van der Waals surface area contributed by atoms with Crippen molar-refractivity contribution in [1.82, 2.24) is 5.32 Å². The molecule has 2 aromatic carbocycles. The molecule has 3 rings (SSSR count). The zero-order valence-electron chi connectivity index (χ0n) is 14.7. The summed E-state index contributed by atoms with van der Waals surface area (Å²) in [6.45, 7) is 1.14. The second kappa shape index (κ2) is 7.77. The molecule has 0 atom stereocenters. The summed E-state index contributed by atoms with van der Waals surface area (Å²) in [4.78, 5) is 13.6. The summed E-state index contributed by atoms with van der Waals surface area (Å²) in [5.41, 5.74) is 0.286. The fraction of sp³-hybridized carbons (Fsp3) is 0.316. The van der Waals surface area contributed by atoms with Gasteiger partial charge in [-0.05, 0) is 36.2 Å². The maximum absolute atomic E-state index is 12.8. The topological polar surface area (TPSA) is 50.8 Å². The Bertz CT molecular complexity index is 824. The van der Waals surface area contributed by atoms with Gasteiger partial charge in [0, 0.05) is 24.8 Å². The van der Waals surface area contributed by atoms with Crippen molar-refractivity contribution >= 4 is 11.7 Å². The van der Waals surface area contributed by atoms with E-state index in [1.807, 2.05) is 0 Å². The molecule has 2 amide bonds. The highest BCUT2D eigenvalue weighted by atomic mass is 19.4. The minimum absolute atomic E-state index is 0.0596. The van der Waals surface area contributed by atoms with E-state index in [0.29, 0.717) is 35.8 Å². The molecule has 0 unspecified atom stereocenters. The summed E-state index contributed by atoms with van der Waals surface area (Å²) in [5, 5.41) is 2.77. The lowest BCUT2D eigenvalue weighted by atomic mass is 10.1. The number of rotatable bonds is 5. The minimum atomic E-state index is -4.41. The molecule has 0 bridgehead atoms. The number of halogens is 3. The molecule has 1 N–H and O–H groups in total. The fourth-order valence-corrected chi connectivity index (χ4v) is 2.82. The summed E-state index contributed by atoms with van der Waals surface area (Å²) in [6, 6.07) is 9.82. The van der Waals surface area contributed by atoms with E-state index in [1.54, 1.807) is 29.2 Å². The second-order valence-corrected chi connectivity index (χ2v) is 6.06. The van der Waals surface area contributed by atoms with Gasteiger partial charge < -0.3 is 14.8 Å². The SMILES string of the molecule is COc1ccc(N2CCCNC2=O)cc1OCc1cccc(C(F)(F)F)c1. The lowest BCUT2D eigenvalue weighted by Crippen LogP contribution is -2.46. The van der Waals surface area contributed by atoms with E-state index in [2.05, 4.69) is 5.32 Å². The summed E-state index contributed by atoms with van der Waals surface area (Å²) < 4.78 is 49.5. The van der Waals surface area contributed by atoms with Crippen molar-refractivity contribution < 1.29 is 27.4 Å². The van der Waals surface area contributed by atoms with Crippen LogP contribution >= 0.6 is 0 Å². The number of hydrogen-bond donors (Lipinski definition) is 1. The van der Waals surface area contributed by atoms with Gasteiger partial charge in [0.1, 0.15) is 6.61 Å². The van der Waals surface area contributed by atoms with Crippen LogP contribution < -0.4 is 19.7 Å². The lowest BCUT2D eigenvalue weighted by Gasteiger charge is -2.28. The monoisotopic (exact) mass is 380 g/mol. The largest absolute Gasteiger partial charge is 0.493 e. The third kappa shape index (κ3) is 4.45. The van der Waals surface area contributed by atoms with Crippen LogP contribution in [-0.4, -0.2) is 26.2 Å². The van der Waals surface area contributed by atoms with Crippen molar-refractivity contribution in [2.75, 3.05) is 25.1 Å². The molecule has 0 aromatic heterocycles. The molecule has 8 heteroatoms. The maximum Gasteiger partial charge on any atom is 0.416 e. The molecule has 1 saturated heterocycles. The summed E-state index contributed by atoms with van der Waals surface area (Å²) in [6.07, 6.45) is -3.59. The average Bonchev–Trinajstić information content (AvgIpc) is 2.66. The van der Waals surface area contributed by atoms with Gasteiger partial charge in [0.2, 0.25) is 0 Å². The van der Waals surface area contributed by atoms with Crippen LogP contribution in [0.4, 0.5) is 23.7 Å². The van der Waals surface area contributed by atoms with Crippen molar-refractivity contribution in [3.63, 3.8) is 0 Å². The normalized spacial score (nSPS) is 14.7. The molecular weight excluding hydrogens is 361 g/mol. The zero-order chi connectivity index (χ0) is 19.4. The number of hydrogen-bond acceptors (Lipinski definition) is 3. The lowest BCUT2D eigenvalue weighted by molar-refractivity contribution is -0.137. The van der Waals surface area contributed by atoms with Crippen LogP contribution in [0.25, 0.3) is 0 Å². The number of carbonyl (C=O) groups excluding carboxylic acids is 1. The zero-order valence-corrected chi connectivity index (χ0v) is 14.7. The quantitative estimate of drug-likeness (QED) is 0.845. The van der Waals surface area contributed by atoms with Gasteiger partial charge in [-0.2, -0.15) is 13.2 Å². The van der Waals surface area contributed by atoms with Gasteiger partial charge in [0.15, 0.2) is 11.5 Å². The van der Waals surface area contributed by atoms with Crippen LogP contribution in [0.3, 0.4) is 0 Å². The van der Waals surface area contributed by atoms with Crippen LogP contribution in [0.2, 0.25) is 0 Å². The van der Waals surface area contributed by atoms with Crippen LogP contribution in [-0.2, 0) is 12.8 Å². The molecule has 2 aromatic rings. The van der Waals surface area contributed by atoms with Gasteiger partial charge in [0.05, 0.1) is 12.7 Å². The third-order valence-electron chi connectivity index (χ3n) is 4.19. The minimum Gasteiger partial charge on any atom is -0.493 e. The first-order valence-corrected chi connectivity index (χ1v) is 8.41. The Morgan fingerprint density at radius 2 is 1.96 bits per heavy atom. The van der Waals surface area contributed by atoms with Gasteiger partial charge >= 0.3 is 12.2 Å². The number of anilines is 1.